The Morgan fingerprint density at radius 2 is 2.05 bits per heavy atom. The molecular weight excluding hydrogens is 262 g/mol. The van der Waals surface area contributed by atoms with Gasteiger partial charge >= 0.3 is 0 Å². The van der Waals surface area contributed by atoms with Crippen LogP contribution >= 0.6 is 0 Å². The monoisotopic (exact) mass is 275 g/mol. The van der Waals surface area contributed by atoms with Gasteiger partial charge in [-0.05, 0) is 36.4 Å². The largest absolute Gasteiger partial charge is 0.494 e. The second-order valence-electron chi connectivity index (χ2n) is 5.24. The number of benzene rings is 2. The van der Waals surface area contributed by atoms with Crippen molar-refractivity contribution in [3.63, 3.8) is 0 Å². The van der Waals surface area contributed by atoms with Crippen molar-refractivity contribution in [3.05, 3.63) is 58.0 Å². The van der Waals surface area contributed by atoms with Crippen molar-refractivity contribution in [1.29, 1.82) is 0 Å². The van der Waals surface area contributed by atoms with Gasteiger partial charge in [0.1, 0.15) is 0 Å². The summed E-state index contributed by atoms with van der Waals surface area (Å²) in [5.74, 6) is 0.185. The second-order valence-corrected chi connectivity index (χ2v) is 5.24. The first-order chi connectivity index (χ1) is 10.2. The number of H-pyrrole nitrogens is 1. The third kappa shape index (κ3) is 1.92. The van der Waals surface area contributed by atoms with Gasteiger partial charge in [-0.2, -0.15) is 10.2 Å². The van der Waals surface area contributed by atoms with Crippen molar-refractivity contribution in [2.45, 2.75) is 6.92 Å². The van der Waals surface area contributed by atoms with Crippen LogP contribution in [0.15, 0.2) is 46.6 Å². The quantitative estimate of drug-likeness (QED) is 0.705. The average Bonchev–Trinajstić information content (AvgIpc) is 3.04. The average molecular weight is 275 g/mol. The highest BCUT2D eigenvalue weighted by Gasteiger charge is 2.08. The summed E-state index contributed by atoms with van der Waals surface area (Å²) < 4.78 is 0. The van der Waals surface area contributed by atoms with Crippen molar-refractivity contribution >= 4 is 28.9 Å². The van der Waals surface area contributed by atoms with Crippen LogP contribution in [0.5, 0.6) is 5.88 Å². The van der Waals surface area contributed by atoms with Gasteiger partial charge in [-0.15, -0.1) is 0 Å². The normalized spacial score (nSPS) is 13.7. The minimum atomic E-state index is 0.185. The van der Waals surface area contributed by atoms with E-state index in [1.807, 2.05) is 43.3 Å². The van der Waals surface area contributed by atoms with E-state index in [1.54, 1.807) is 6.20 Å². The van der Waals surface area contributed by atoms with Crippen LogP contribution in [0.25, 0.3) is 23.2 Å². The molecule has 0 spiro atoms. The molecule has 2 heterocycles. The van der Waals surface area contributed by atoms with E-state index in [4.69, 9.17) is 0 Å². The van der Waals surface area contributed by atoms with Gasteiger partial charge in [-0.3, -0.25) is 0 Å². The van der Waals surface area contributed by atoms with E-state index < -0.39 is 0 Å². The van der Waals surface area contributed by atoms with E-state index >= 15 is 0 Å². The fourth-order valence-corrected chi connectivity index (χ4v) is 2.62. The molecule has 1 aliphatic heterocycles. The number of hydrogen-bond donors (Lipinski definition) is 2. The third-order valence-electron chi connectivity index (χ3n) is 3.70. The lowest BCUT2D eigenvalue weighted by molar-refractivity contribution is 0.457. The van der Waals surface area contributed by atoms with Gasteiger partial charge in [0.05, 0.1) is 11.9 Å². The molecule has 4 rings (SSSR count). The maximum absolute atomic E-state index is 10.1. The maximum Gasteiger partial charge on any atom is 0.196 e. The molecule has 0 saturated heterocycles. The van der Waals surface area contributed by atoms with Gasteiger partial charge in [0.2, 0.25) is 0 Å². The summed E-state index contributed by atoms with van der Waals surface area (Å²) in [5, 5.41) is 21.1. The summed E-state index contributed by atoms with van der Waals surface area (Å²) in [5.41, 5.74) is 3.75. The second kappa shape index (κ2) is 4.31. The van der Waals surface area contributed by atoms with Crippen molar-refractivity contribution in [2.24, 2.45) is 10.2 Å². The molecule has 4 nitrogen and oxygen atoms in total. The Morgan fingerprint density at radius 1 is 1.14 bits per heavy atom. The van der Waals surface area contributed by atoms with Crippen molar-refractivity contribution < 1.29 is 5.11 Å². The highest BCUT2D eigenvalue weighted by Crippen LogP contribution is 2.28. The van der Waals surface area contributed by atoms with Crippen LogP contribution in [0.3, 0.4) is 0 Å². The number of rotatable bonds is 1. The molecule has 0 saturated carbocycles. The molecule has 0 fully saturated rings. The molecule has 2 aromatic carbocycles. The highest BCUT2D eigenvalue weighted by atomic mass is 16.3. The Labute approximate surface area is 120 Å². The minimum absolute atomic E-state index is 0.185. The van der Waals surface area contributed by atoms with E-state index in [2.05, 4.69) is 21.3 Å². The molecule has 1 aromatic heterocycles. The lowest BCUT2D eigenvalue weighted by Crippen LogP contribution is -2.06. The van der Waals surface area contributed by atoms with Gasteiger partial charge in [0.15, 0.2) is 5.88 Å². The summed E-state index contributed by atoms with van der Waals surface area (Å²) in [6.07, 6.45) is 3.70. The zero-order valence-electron chi connectivity index (χ0n) is 11.5. The zero-order valence-corrected chi connectivity index (χ0v) is 11.5. The van der Waals surface area contributed by atoms with E-state index in [0.29, 0.717) is 0 Å². The van der Waals surface area contributed by atoms with E-state index in [0.717, 1.165) is 38.2 Å². The number of aromatic amines is 1. The number of nitrogens with zero attached hydrogens (tertiary/aromatic N) is 2. The topological polar surface area (TPSA) is 60.7 Å². The van der Waals surface area contributed by atoms with Gasteiger partial charge in [0, 0.05) is 21.7 Å². The van der Waals surface area contributed by atoms with Crippen molar-refractivity contribution in [3.8, 4) is 5.88 Å². The van der Waals surface area contributed by atoms with E-state index in [1.165, 1.54) is 0 Å². The van der Waals surface area contributed by atoms with Crippen LogP contribution in [-0.4, -0.2) is 10.1 Å². The van der Waals surface area contributed by atoms with Crippen LogP contribution in [0.4, 0.5) is 5.69 Å². The molecule has 0 radical (unpaired) electrons. The molecule has 0 aliphatic carbocycles. The number of aromatic nitrogens is 1. The molecule has 2 N–H and O–H groups in total. The predicted molar refractivity (Wildman–Crippen MR) is 82.9 cm³/mol. The molecule has 0 amide bonds. The molecule has 4 heteroatoms. The molecule has 0 atom stereocenters. The van der Waals surface area contributed by atoms with Crippen LogP contribution in [0, 0.1) is 6.92 Å². The minimum Gasteiger partial charge on any atom is -0.494 e. The summed E-state index contributed by atoms with van der Waals surface area (Å²) in [7, 11) is 0. The third-order valence-corrected chi connectivity index (χ3v) is 3.70. The fraction of sp³-hybridized carbons (Fsp3) is 0.0588. The van der Waals surface area contributed by atoms with Crippen LogP contribution in [0.1, 0.15) is 11.1 Å². The number of nitrogens with one attached hydrogen (secondary N) is 1. The summed E-state index contributed by atoms with van der Waals surface area (Å²) in [6, 6.07) is 12.0. The Kier molecular flexibility index (Phi) is 2.44. The standard InChI is InChI=1S/C17H13N3O/c1-10-2-5-15-13(6-10)14(17(21)19-15)7-11-3-4-12-9-18-20-16(12)8-11/h2-9,19,21H,1H3/b11-7+. The maximum atomic E-state index is 10.1. The Bertz CT molecular complexity index is 1010. The van der Waals surface area contributed by atoms with E-state index in [9.17, 15) is 5.11 Å². The lowest BCUT2D eigenvalue weighted by atomic mass is 10.1. The summed E-state index contributed by atoms with van der Waals surface area (Å²) in [6.45, 7) is 2.04. The summed E-state index contributed by atoms with van der Waals surface area (Å²) >= 11 is 0. The highest BCUT2D eigenvalue weighted by molar-refractivity contribution is 5.92. The number of fused-ring (bicyclic) bond motifs is 2. The van der Waals surface area contributed by atoms with Gasteiger partial charge in [-0.1, -0.05) is 23.8 Å². The van der Waals surface area contributed by atoms with E-state index in [-0.39, 0.29) is 5.88 Å². The van der Waals surface area contributed by atoms with Gasteiger partial charge in [-0.25, -0.2) is 0 Å². The Balaban J connectivity index is 1.97. The summed E-state index contributed by atoms with van der Waals surface area (Å²) in [4.78, 5) is 3.00. The van der Waals surface area contributed by atoms with Crippen LogP contribution in [0.2, 0.25) is 0 Å². The van der Waals surface area contributed by atoms with Crippen LogP contribution < -0.4 is 10.4 Å². The molecular formula is C17H13N3O. The molecule has 21 heavy (non-hydrogen) atoms. The molecule has 102 valence electrons. The van der Waals surface area contributed by atoms with Gasteiger partial charge in [0.25, 0.3) is 0 Å². The first-order valence-electron chi connectivity index (χ1n) is 6.75. The number of hydrogen-bond acceptors (Lipinski definition) is 3. The first kappa shape index (κ1) is 11.9. The fourth-order valence-electron chi connectivity index (χ4n) is 2.62. The Hall–Kier alpha value is -2.88. The molecule has 3 aromatic rings. The molecule has 1 aliphatic rings. The Morgan fingerprint density at radius 3 is 2.95 bits per heavy atom. The number of azo groups is 1. The SMILES string of the molecule is Cc1ccc2[nH]c(O)c(/C=c3\ccc4c(c3)N=NC=4)c2c1. The van der Waals surface area contributed by atoms with Crippen LogP contribution in [-0.2, 0) is 0 Å². The number of aryl methyl sites for hydroxylation is 1. The lowest BCUT2D eigenvalue weighted by Gasteiger charge is -1.96. The number of aromatic hydroxyl groups is 1. The van der Waals surface area contributed by atoms with Crippen molar-refractivity contribution in [1.82, 2.24) is 4.98 Å². The van der Waals surface area contributed by atoms with Crippen molar-refractivity contribution in [2.75, 3.05) is 0 Å². The smallest absolute Gasteiger partial charge is 0.196 e. The van der Waals surface area contributed by atoms with Gasteiger partial charge < -0.3 is 10.1 Å². The molecule has 0 unspecified atom stereocenters. The first-order valence-corrected chi connectivity index (χ1v) is 6.75. The zero-order chi connectivity index (χ0) is 14.4. The molecule has 0 bridgehead atoms. The predicted octanol–water partition coefficient (Wildman–Crippen LogP) is 2.85.